The number of aliphatic carboxylic acids is 1. The molecule has 6 heteroatoms. The number of hydrogen-bond donors (Lipinski definition) is 1. The molecule has 0 heterocycles. The molecule has 8 heavy (non-hydrogen) atoms. The molecule has 0 spiro atoms. The van der Waals surface area contributed by atoms with Crippen molar-refractivity contribution in [1.29, 1.82) is 0 Å². The first-order chi connectivity index (χ1) is 2.94. The predicted octanol–water partition coefficient (Wildman–Crippen LogP) is -0.283. The molecule has 0 rings (SSSR count). The van der Waals surface area contributed by atoms with E-state index in [0.717, 1.165) is 0 Å². The van der Waals surface area contributed by atoms with Crippen LogP contribution >= 0.6 is 0 Å². The molecule has 1 N–H and O–H groups in total. The Balaban J connectivity index is 0. The quantitative estimate of drug-likeness (QED) is 0.594. The maximum atomic E-state index is 10.6. The first kappa shape index (κ1) is 10.9. The summed E-state index contributed by atoms with van der Waals surface area (Å²) in [7, 11) is 0. The fourth-order valence-corrected chi connectivity index (χ4v) is 0. The molecular formula is C2H3F3O2Te. The molecule has 0 bridgehead atoms. The standard InChI is InChI=1S/C2HF3O2.H2Te/c3-2(4,5)1(6)7;/h(H,6,7);1H2. The first-order valence-electron chi connectivity index (χ1n) is 1.24. The van der Waals surface area contributed by atoms with Gasteiger partial charge < -0.3 is 5.11 Å². The van der Waals surface area contributed by atoms with Gasteiger partial charge in [-0.2, -0.15) is 13.2 Å². The minimum atomic E-state index is -5.08. The van der Waals surface area contributed by atoms with Crippen molar-refractivity contribution in [3.05, 3.63) is 0 Å². The van der Waals surface area contributed by atoms with Gasteiger partial charge in [-0.25, -0.2) is 4.79 Å². The van der Waals surface area contributed by atoms with Crippen LogP contribution in [0.2, 0.25) is 0 Å². The average Bonchev–Trinajstić information content (AvgIpc) is 1.31. The molecule has 0 saturated heterocycles. The third-order valence-corrected chi connectivity index (χ3v) is 0.243. The fourth-order valence-electron chi connectivity index (χ4n) is 0. The van der Waals surface area contributed by atoms with Gasteiger partial charge in [0.15, 0.2) is 0 Å². The van der Waals surface area contributed by atoms with E-state index in [1.165, 1.54) is 0 Å². The van der Waals surface area contributed by atoms with Crippen LogP contribution in [0, 0.1) is 0 Å². The van der Waals surface area contributed by atoms with Gasteiger partial charge in [0.05, 0.1) is 0 Å². The second-order valence-electron chi connectivity index (χ2n) is 0.803. The molecule has 0 atom stereocenters. The average molecular weight is 244 g/mol. The number of hydrogen-bond acceptors (Lipinski definition) is 1. The Morgan fingerprint density at radius 3 is 1.50 bits per heavy atom. The number of carboxylic acids is 1. The fraction of sp³-hybridized carbons (Fsp3) is 0.500. The van der Waals surface area contributed by atoms with Crippen LogP contribution in [0.4, 0.5) is 13.2 Å². The van der Waals surface area contributed by atoms with Gasteiger partial charge in [-0.1, -0.05) is 0 Å². The van der Waals surface area contributed by atoms with Crippen LogP contribution < -0.4 is 0 Å². The van der Waals surface area contributed by atoms with Crippen LogP contribution in [0.15, 0.2) is 0 Å². The van der Waals surface area contributed by atoms with E-state index in [2.05, 4.69) is 0 Å². The zero-order valence-electron chi connectivity index (χ0n) is 3.49. The Labute approximate surface area is 59.4 Å². The van der Waals surface area contributed by atoms with Crippen molar-refractivity contribution in [2.75, 3.05) is 0 Å². The van der Waals surface area contributed by atoms with Crippen molar-refractivity contribution in [3.8, 4) is 0 Å². The van der Waals surface area contributed by atoms with Crippen molar-refractivity contribution in [3.63, 3.8) is 0 Å². The monoisotopic (exact) mass is 246 g/mol. The zero-order valence-corrected chi connectivity index (χ0v) is 6.34. The molecular weight excluding hydrogens is 241 g/mol. The van der Waals surface area contributed by atoms with E-state index in [0.29, 0.717) is 0 Å². The van der Waals surface area contributed by atoms with E-state index >= 15 is 0 Å². The summed E-state index contributed by atoms with van der Waals surface area (Å²) in [4.78, 5) is 8.90. The van der Waals surface area contributed by atoms with Gasteiger partial charge >= 0.3 is 35.8 Å². The Kier molecular flexibility index (Phi) is 4.30. The Morgan fingerprint density at radius 2 is 1.50 bits per heavy atom. The second kappa shape index (κ2) is 3.15. The molecule has 50 valence electrons. The van der Waals surface area contributed by atoms with E-state index in [9.17, 15) is 13.2 Å². The van der Waals surface area contributed by atoms with Crippen LogP contribution in [0.3, 0.4) is 0 Å². The van der Waals surface area contributed by atoms with Crippen LogP contribution in [-0.2, 0) is 4.79 Å². The van der Waals surface area contributed by atoms with Crippen LogP contribution in [0.25, 0.3) is 0 Å². The van der Waals surface area contributed by atoms with Gasteiger partial charge in [0.2, 0.25) is 0 Å². The number of carboxylic acid groups (broad SMARTS) is 1. The van der Waals surface area contributed by atoms with Gasteiger partial charge in [0, 0.05) is 0 Å². The molecule has 0 amide bonds. The summed E-state index contributed by atoms with van der Waals surface area (Å²) in [5, 5.41) is 7.12. The predicted molar refractivity (Wildman–Crippen MR) is 22.2 cm³/mol. The summed E-state index contributed by atoms with van der Waals surface area (Å²) in [6.07, 6.45) is -5.08. The molecule has 0 saturated carbocycles. The number of rotatable bonds is 0. The number of carbonyl (C=O) groups is 1. The van der Waals surface area contributed by atoms with Crippen molar-refractivity contribution < 1.29 is 23.1 Å². The van der Waals surface area contributed by atoms with E-state index < -0.39 is 12.1 Å². The van der Waals surface area contributed by atoms with Crippen LogP contribution in [0.5, 0.6) is 0 Å². The van der Waals surface area contributed by atoms with Gasteiger partial charge in [-0.05, 0) is 0 Å². The minimum absolute atomic E-state index is 0. The third-order valence-electron chi connectivity index (χ3n) is 0.243. The van der Waals surface area contributed by atoms with Gasteiger partial charge in [-0.15, -0.1) is 0 Å². The molecule has 0 aliphatic carbocycles. The summed E-state index contributed by atoms with van der Waals surface area (Å²) in [5.41, 5.74) is 0. The molecule has 0 radical (unpaired) electrons. The van der Waals surface area contributed by atoms with E-state index in [1.54, 1.807) is 0 Å². The summed E-state index contributed by atoms with van der Waals surface area (Å²) in [6.45, 7) is 0. The maximum absolute atomic E-state index is 10.6. The molecule has 0 aliphatic heterocycles. The van der Waals surface area contributed by atoms with E-state index in [1.807, 2.05) is 0 Å². The first-order valence-corrected chi connectivity index (χ1v) is 1.24. The van der Waals surface area contributed by atoms with Crippen LogP contribution in [0.1, 0.15) is 0 Å². The number of halogens is 3. The molecule has 0 unspecified atom stereocenters. The van der Waals surface area contributed by atoms with Gasteiger partial charge in [-0.3, -0.25) is 0 Å². The SMILES string of the molecule is O=C(O)C(F)(F)F.[TeH2]. The third kappa shape index (κ3) is 4.21. The number of alkyl halides is 3. The zero-order chi connectivity index (χ0) is 6.08. The van der Waals surface area contributed by atoms with Gasteiger partial charge in [0.1, 0.15) is 0 Å². The van der Waals surface area contributed by atoms with E-state index in [-0.39, 0.29) is 23.7 Å². The summed E-state index contributed by atoms with van der Waals surface area (Å²) in [5.74, 6) is -2.76. The van der Waals surface area contributed by atoms with Gasteiger partial charge in [0.25, 0.3) is 0 Å². The molecule has 0 aromatic heterocycles. The molecule has 0 aromatic carbocycles. The van der Waals surface area contributed by atoms with Crippen molar-refractivity contribution >= 4 is 29.6 Å². The normalized spacial score (nSPS) is 9.88. The summed E-state index contributed by atoms with van der Waals surface area (Å²) >= 11 is 0. The van der Waals surface area contributed by atoms with Crippen LogP contribution in [-0.4, -0.2) is 40.9 Å². The second-order valence-corrected chi connectivity index (χ2v) is 0.803. The summed E-state index contributed by atoms with van der Waals surface area (Å²) in [6, 6.07) is 0. The Bertz CT molecular complexity index is 87.8. The van der Waals surface area contributed by atoms with Crippen molar-refractivity contribution in [2.24, 2.45) is 0 Å². The molecule has 0 aliphatic rings. The summed E-state index contributed by atoms with van der Waals surface area (Å²) < 4.78 is 31.7. The Morgan fingerprint density at radius 1 is 1.38 bits per heavy atom. The van der Waals surface area contributed by atoms with E-state index in [4.69, 9.17) is 9.90 Å². The molecule has 0 aromatic rings. The van der Waals surface area contributed by atoms with Crippen molar-refractivity contribution in [2.45, 2.75) is 6.18 Å². The molecule has 2 nitrogen and oxygen atoms in total. The van der Waals surface area contributed by atoms with Crippen molar-refractivity contribution in [1.82, 2.24) is 0 Å². The molecule has 0 fully saturated rings. The Hall–Kier alpha value is 0.0496. The topological polar surface area (TPSA) is 37.3 Å².